The zero-order valence-corrected chi connectivity index (χ0v) is 13.6. The Morgan fingerprint density at radius 1 is 1.25 bits per heavy atom. The molecule has 1 unspecified atom stereocenters. The summed E-state index contributed by atoms with van der Waals surface area (Å²) in [4.78, 5) is 9.53. The van der Waals surface area contributed by atoms with E-state index in [0.717, 1.165) is 42.2 Å². The Morgan fingerprint density at radius 2 is 2.05 bits per heavy atom. The Labute approximate surface area is 128 Å². The lowest BCUT2D eigenvalue weighted by Gasteiger charge is -2.16. The molecule has 0 aromatic carbocycles. The van der Waals surface area contributed by atoms with E-state index in [0.29, 0.717) is 11.8 Å². The minimum atomic E-state index is 0.581. The van der Waals surface area contributed by atoms with Crippen LogP contribution in [0.1, 0.15) is 49.5 Å². The lowest BCUT2D eigenvalue weighted by atomic mass is 10.0. The van der Waals surface area contributed by atoms with E-state index >= 15 is 0 Å². The van der Waals surface area contributed by atoms with Crippen LogP contribution in [0.3, 0.4) is 0 Å². The van der Waals surface area contributed by atoms with Crippen LogP contribution in [-0.4, -0.2) is 30.2 Å². The number of anilines is 1. The van der Waals surface area contributed by atoms with Gasteiger partial charge in [-0.1, -0.05) is 12.8 Å². The molecule has 0 bridgehead atoms. The first-order valence-corrected chi connectivity index (χ1v) is 8.39. The second-order valence-electron chi connectivity index (χ2n) is 5.85. The summed E-state index contributed by atoms with van der Waals surface area (Å²) in [6.45, 7) is 1.74. The maximum Gasteiger partial charge on any atom is 0.144 e. The van der Waals surface area contributed by atoms with Gasteiger partial charge in [-0.2, -0.15) is 0 Å². The Kier molecular flexibility index (Phi) is 4.56. The van der Waals surface area contributed by atoms with Crippen LogP contribution in [0.4, 0.5) is 5.82 Å². The summed E-state index contributed by atoms with van der Waals surface area (Å²) < 4.78 is 6.51. The van der Waals surface area contributed by atoms with Gasteiger partial charge < -0.3 is 10.1 Å². The third-order valence-corrected chi connectivity index (χ3v) is 5.18. The zero-order chi connectivity index (χ0) is 13.9. The average Bonchev–Trinajstić information content (AvgIpc) is 3.13. The maximum absolute atomic E-state index is 5.46. The number of hydrogen-bond donors (Lipinski definition) is 1. The molecule has 1 aliphatic heterocycles. The van der Waals surface area contributed by atoms with Gasteiger partial charge in [0.1, 0.15) is 11.6 Å². The molecule has 0 radical (unpaired) electrons. The fraction of sp³-hybridized carbons (Fsp3) is 0.733. The summed E-state index contributed by atoms with van der Waals surface area (Å²) in [5.41, 5.74) is 1.20. The van der Waals surface area contributed by atoms with Crippen LogP contribution >= 0.6 is 15.9 Å². The highest BCUT2D eigenvalue weighted by atomic mass is 79.9. The van der Waals surface area contributed by atoms with E-state index in [4.69, 9.17) is 9.72 Å². The fourth-order valence-corrected chi connectivity index (χ4v) is 3.94. The quantitative estimate of drug-likeness (QED) is 0.911. The SMILES string of the molecule is CNc1nc(CC2CCOC2)nc(C2CCCC2)c1Br. The average molecular weight is 340 g/mol. The summed E-state index contributed by atoms with van der Waals surface area (Å²) in [6, 6.07) is 0. The van der Waals surface area contributed by atoms with Crippen molar-refractivity contribution in [1.82, 2.24) is 9.97 Å². The number of nitrogens with one attached hydrogen (secondary N) is 1. The van der Waals surface area contributed by atoms with E-state index in [2.05, 4.69) is 26.2 Å². The molecule has 2 heterocycles. The molecule has 1 saturated heterocycles. The van der Waals surface area contributed by atoms with Gasteiger partial charge >= 0.3 is 0 Å². The summed E-state index contributed by atoms with van der Waals surface area (Å²) >= 11 is 3.69. The van der Waals surface area contributed by atoms with Crippen molar-refractivity contribution < 1.29 is 4.74 Å². The van der Waals surface area contributed by atoms with Crippen LogP contribution < -0.4 is 5.32 Å². The highest BCUT2D eigenvalue weighted by molar-refractivity contribution is 9.10. The Bertz CT molecular complexity index is 468. The van der Waals surface area contributed by atoms with E-state index in [-0.39, 0.29) is 0 Å². The van der Waals surface area contributed by atoms with E-state index in [1.807, 2.05) is 7.05 Å². The maximum atomic E-state index is 5.46. The minimum Gasteiger partial charge on any atom is -0.381 e. The van der Waals surface area contributed by atoms with Gasteiger partial charge in [0.2, 0.25) is 0 Å². The van der Waals surface area contributed by atoms with Crippen molar-refractivity contribution in [2.75, 3.05) is 25.6 Å². The van der Waals surface area contributed by atoms with E-state index in [9.17, 15) is 0 Å². The third-order valence-electron chi connectivity index (χ3n) is 4.40. The zero-order valence-electron chi connectivity index (χ0n) is 12.0. The highest BCUT2D eigenvalue weighted by Crippen LogP contribution is 2.38. The summed E-state index contributed by atoms with van der Waals surface area (Å²) in [5, 5.41) is 3.20. The monoisotopic (exact) mass is 339 g/mol. The van der Waals surface area contributed by atoms with E-state index < -0.39 is 0 Å². The fourth-order valence-electron chi connectivity index (χ4n) is 3.24. The molecule has 5 heteroatoms. The van der Waals surface area contributed by atoms with Gasteiger partial charge in [-0.05, 0) is 41.1 Å². The smallest absolute Gasteiger partial charge is 0.144 e. The van der Waals surface area contributed by atoms with Crippen LogP contribution in [0.15, 0.2) is 4.47 Å². The van der Waals surface area contributed by atoms with Crippen molar-refractivity contribution in [3.8, 4) is 0 Å². The van der Waals surface area contributed by atoms with Crippen LogP contribution in [0.5, 0.6) is 0 Å². The summed E-state index contributed by atoms with van der Waals surface area (Å²) in [7, 11) is 1.92. The van der Waals surface area contributed by atoms with Crippen molar-refractivity contribution in [1.29, 1.82) is 0 Å². The second-order valence-corrected chi connectivity index (χ2v) is 6.65. The Balaban J connectivity index is 1.87. The Hall–Kier alpha value is -0.680. The molecule has 2 aliphatic rings. The molecule has 1 aromatic rings. The minimum absolute atomic E-state index is 0.581. The molecule has 110 valence electrons. The third kappa shape index (κ3) is 2.98. The summed E-state index contributed by atoms with van der Waals surface area (Å²) in [5.74, 6) is 3.07. The van der Waals surface area contributed by atoms with Crippen molar-refractivity contribution in [3.63, 3.8) is 0 Å². The van der Waals surface area contributed by atoms with Gasteiger partial charge in [0.25, 0.3) is 0 Å². The normalized spacial score (nSPS) is 23.4. The van der Waals surface area contributed by atoms with E-state index in [1.54, 1.807) is 0 Å². The molecule has 20 heavy (non-hydrogen) atoms. The molecule has 1 aromatic heterocycles. The first-order valence-electron chi connectivity index (χ1n) is 7.59. The van der Waals surface area contributed by atoms with Crippen molar-refractivity contribution >= 4 is 21.7 Å². The van der Waals surface area contributed by atoms with Gasteiger partial charge in [0.15, 0.2) is 0 Å². The summed E-state index contributed by atoms with van der Waals surface area (Å²) in [6.07, 6.45) is 7.22. The molecule has 0 spiro atoms. The Morgan fingerprint density at radius 3 is 2.70 bits per heavy atom. The molecule has 1 atom stereocenters. The van der Waals surface area contributed by atoms with Gasteiger partial charge in [0, 0.05) is 32.6 Å². The van der Waals surface area contributed by atoms with Crippen LogP contribution in [0.2, 0.25) is 0 Å². The van der Waals surface area contributed by atoms with Gasteiger partial charge in [-0.25, -0.2) is 9.97 Å². The van der Waals surface area contributed by atoms with Crippen LogP contribution in [0, 0.1) is 5.92 Å². The number of halogens is 1. The number of nitrogens with zero attached hydrogens (tertiary/aromatic N) is 2. The predicted molar refractivity (Wildman–Crippen MR) is 83.1 cm³/mol. The van der Waals surface area contributed by atoms with Crippen molar-refractivity contribution in [2.24, 2.45) is 5.92 Å². The molecule has 4 nitrogen and oxygen atoms in total. The first kappa shape index (κ1) is 14.3. The van der Waals surface area contributed by atoms with Gasteiger partial charge in [0.05, 0.1) is 10.2 Å². The molecule has 1 N–H and O–H groups in total. The molecule has 1 saturated carbocycles. The topological polar surface area (TPSA) is 47.0 Å². The first-order chi connectivity index (χ1) is 9.78. The molecular formula is C15H22BrN3O. The van der Waals surface area contributed by atoms with Crippen molar-refractivity contribution in [3.05, 3.63) is 16.0 Å². The molecule has 2 fully saturated rings. The number of ether oxygens (including phenoxy) is 1. The largest absolute Gasteiger partial charge is 0.381 e. The molecule has 1 aliphatic carbocycles. The second kappa shape index (κ2) is 6.39. The van der Waals surface area contributed by atoms with E-state index in [1.165, 1.54) is 31.4 Å². The molecule has 3 rings (SSSR count). The number of aromatic nitrogens is 2. The predicted octanol–water partition coefficient (Wildman–Crippen LogP) is 3.52. The van der Waals surface area contributed by atoms with Crippen LogP contribution in [-0.2, 0) is 11.2 Å². The molecular weight excluding hydrogens is 318 g/mol. The molecule has 0 amide bonds. The van der Waals surface area contributed by atoms with Crippen molar-refractivity contribution in [2.45, 2.75) is 44.4 Å². The number of rotatable bonds is 4. The van der Waals surface area contributed by atoms with Crippen LogP contribution in [0.25, 0.3) is 0 Å². The van der Waals surface area contributed by atoms with Gasteiger partial charge in [-0.15, -0.1) is 0 Å². The highest BCUT2D eigenvalue weighted by Gasteiger charge is 2.25. The number of hydrogen-bond acceptors (Lipinski definition) is 4. The lowest BCUT2D eigenvalue weighted by Crippen LogP contribution is -2.12. The van der Waals surface area contributed by atoms with Gasteiger partial charge in [-0.3, -0.25) is 0 Å². The standard InChI is InChI=1S/C15H22BrN3O/c1-17-15-13(16)14(11-4-2-3-5-11)18-12(19-15)8-10-6-7-20-9-10/h10-11H,2-9H2,1H3,(H,17,18,19). The lowest BCUT2D eigenvalue weighted by molar-refractivity contribution is 0.185.